The minimum Gasteiger partial charge on any atom is -0.390 e. The van der Waals surface area contributed by atoms with Crippen LogP contribution in [0.5, 0.6) is 0 Å². The number of aliphatic hydroxyl groups is 1. The first-order valence-corrected chi connectivity index (χ1v) is 4.15. The van der Waals surface area contributed by atoms with Crippen molar-refractivity contribution >= 4 is 5.97 Å². The second-order valence-corrected chi connectivity index (χ2v) is 2.69. The van der Waals surface area contributed by atoms with Gasteiger partial charge in [-0.05, 0) is 0 Å². The number of allylic oxidation sites excluding steroid dienone is 1. The Bertz CT molecular complexity index is 344. The van der Waals surface area contributed by atoms with Crippen LogP contribution in [-0.4, -0.2) is 20.8 Å². The number of hydrogen-bond acceptors (Lipinski definition) is 4. The van der Waals surface area contributed by atoms with Gasteiger partial charge < -0.3 is 9.94 Å². The van der Waals surface area contributed by atoms with E-state index in [1.165, 1.54) is 17.9 Å². The van der Waals surface area contributed by atoms with Crippen molar-refractivity contribution in [3.8, 4) is 0 Å². The summed E-state index contributed by atoms with van der Waals surface area (Å²) in [6, 6.07) is 0. The Hall–Kier alpha value is -1.62. The van der Waals surface area contributed by atoms with Crippen molar-refractivity contribution in [2.45, 2.75) is 20.0 Å². The van der Waals surface area contributed by atoms with Gasteiger partial charge in [0.1, 0.15) is 11.5 Å². The Balaban J connectivity index is 2.98. The van der Waals surface area contributed by atoms with Crippen LogP contribution in [-0.2, 0) is 17.8 Å². The van der Waals surface area contributed by atoms with E-state index in [2.05, 4.69) is 11.6 Å². The molecule has 0 radical (unpaired) electrons. The van der Waals surface area contributed by atoms with Crippen LogP contribution >= 0.6 is 0 Å². The lowest BCUT2D eigenvalue weighted by molar-refractivity contribution is -0.142. The van der Waals surface area contributed by atoms with Crippen molar-refractivity contribution in [3.05, 3.63) is 30.4 Å². The van der Waals surface area contributed by atoms with E-state index in [1.807, 2.05) is 0 Å². The normalized spacial score (nSPS) is 9.86. The van der Waals surface area contributed by atoms with Crippen LogP contribution in [0.25, 0.3) is 0 Å². The summed E-state index contributed by atoms with van der Waals surface area (Å²) in [6.45, 7) is 4.62. The van der Waals surface area contributed by atoms with Crippen molar-refractivity contribution < 1.29 is 14.7 Å². The molecular weight excluding hydrogens is 184 g/mol. The molecule has 1 aromatic rings. The lowest BCUT2D eigenvalue weighted by Gasteiger charge is -2.07. The van der Waals surface area contributed by atoms with Crippen molar-refractivity contribution in [1.82, 2.24) is 9.71 Å². The smallest absolute Gasteiger partial charge is 0.329 e. The van der Waals surface area contributed by atoms with Crippen LogP contribution in [0.1, 0.15) is 18.4 Å². The zero-order valence-corrected chi connectivity index (χ0v) is 7.93. The summed E-state index contributed by atoms with van der Waals surface area (Å²) < 4.78 is 1.23. The van der Waals surface area contributed by atoms with Crippen molar-refractivity contribution in [3.63, 3.8) is 0 Å². The highest BCUT2D eigenvalue weighted by molar-refractivity contribution is 5.66. The third kappa shape index (κ3) is 2.20. The van der Waals surface area contributed by atoms with Gasteiger partial charge in [0.05, 0.1) is 12.8 Å². The average molecular weight is 196 g/mol. The lowest BCUT2D eigenvalue weighted by Crippen LogP contribution is -2.21. The largest absolute Gasteiger partial charge is 0.390 e. The highest BCUT2D eigenvalue weighted by Crippen LogP contribution is 2.04. The van der Waals surface area contributed by atoms with E-state index in [1.54, 1.807) is 6.08 Å². The zero-order valence-electron chi connectivity index (χ0n) is 7.93. The molecule has 0 bridgehead atoms. The van der Waals surface area contributed by atoms with Gasteiger partial charge in [-0.25, -0.2) is 9.78 Å². The van der Waals surface area contributed by atoms with Crippen molar-refractivity contribution in [1.29, 1.82) is 0 Å². The van der Waals surface area contributed by atoms with E-state index >= 15 is 0 Å². The Morgan fingerprint density at radius 3 is 3.07 bits per heavy atom. The molecule has 1 N–H and O–H groups in total. The Morgan fingerprint density at radius 1 is 1.86 bits per heavy atom. The molecule has 1 heterocycles. The number of imidazole rings is 1. The molecule has 0 saturated heterocycles. The molecule has 0 spiro atoms. The molecular formula is C9H12N2O3. The SMILES string of the molecule is C=CCc1ncc(CO)n1OC(C)=O. The zero-order chi connectivity index (χ0) is 10.6. The number of aliphatic hydroxyl groups excluding tert-OH is 1. The number of carbonyl (C=O) groups is 1. The molecule has 14 heavy (non-hydrogen) atoms. The maximum Gasteiger partial charge on any atom is 0.329 e. The highest BCUT2D eigenvalue weighted by atomic mass is 16.7. The molecule has 0 aromatic carbocycles. The summed E-state index contributed by atoms with van der Waals surface area (Å²) in [5.41, 5.74) is 0.442. The minimum atomic E-state index is -0.456. The fourth-order valence-electron chi connectivity index (χ4n) is 1.03. The summed E-state index contributed by atoms with van der Waals surface area (Å²) >= 11 is 0. The van der Waals surface area contributed by atoms with Gasteiger partial charge in [-0.1, -0.05) is 6.08 Å². The first-order chi connectivity index (χ1) is 6.69. The van der Waals surface area contributed by atoms with E-state index in [0.29, 0.717) is 17.9 Å². The van der Waals surface area contributed by atoms with Crippen LogP contribution in [0.3, 0.4) is 0 Å². The topological polar surface area (TPSA) is 64.3 Å². The van der Waals surface area contributed by atoms with Crippen molar-refractivity contribution in [2.24, 2.45) is 0 Å². The first-order valence-electron chi connectivity index (χ1n) is 4.15. The fraction of sp³-hybridized carbons (Fsp3) is 0.333. The maximum atomic E-state index is 10.8. The molecule has 0 amide bonds. The lowest BCUT2D eigenvalue weighted by atomic mass is 10.4. The number of aromatic nitrogens is 2. The summed E-state index contributed by atoms with van der Waals surface area (Å²) in [7, 11) is 0. The first kappa shape index (κ1) is 10.5. The van der Waals surface area contributed by atoms with Crippen LogP contribution in [0.15, 0.2) is 18.9 Å². The number of nitrogens with zero attached hydrogens (tertiary/aromatic N) is 2. The molecule has 0 aliphatic rings. The van der Waals surface area contributed by atoms with Crippen LogP contribution in [0.2, 0.25) is 0 Å². The number of carbonyl (C=O) groups excluding carboxylic acids is 1. The molecule has 0 aliphatic heterocycles. The van der Waals surface area contributed by atoms with Gasteiger partial charge >= 0.3 is 5.97 Å². The molecule has 5 nitrogen and oxygen atoms in total. The summed E-state index contributed by atoms with van der Waals surface area (Å²) in [5.74, 6) is 0.0854. The van der Waals surface area contributed by atoms with E-state index in [-0.39, 0.29) is 6.61 Å². The monoisotopic (exact) mass is 196 g/mol. The number of rotatable bonds is 4. The van der Waals surface area contributed by atoms with E-state index in [0.717, 1.165) is 0 Å². The van der Waals surface area contributed by atoms with Gasteiger partial charge in [0.25, 0.3) is 0 Å². The molecule has 0 saturated carbocycles. The summed E-state index contributed by atoms with van der Waals surface area (Å²) in [5, 5.41) is 8.93. The quantitative estimate of drug-likeness (QED) is 0.692. The molecule has 5 heteroatoms. The second-order valence-electron chi connectivity index (χ2n) is 2.69. The Labute approximate surface area is 81.6 Å². The molecule has 0 aliphatic carbocycles. The maximum absolute atomic E-state index is 10.8. The molecule has 1 rings (SSSR count). The van der Waals surface area contributed by atoms with Gasteiger partial charge in [-0.2, -0.15) is 4.73 Å². The summed E-state index contributed by atoms with van der Waals surface area (Å²) in [6.07, 6.45) is 3.58. The van der Waals surface area contributed by atoms with Crippen molar-refractivity contribution in [2.75, 3.05) is 0 Å². The highest BCUT2D eigenvalue weighted by Gasteiger charge is 2.10. The Kier molecular flexibility index (Phi) is 3.41. The van der Waals surface area contributed by atoms with Gasteiger partial charge in [0, 0.05) is 13.3 Å². The van der Waals surface area contributed by atoms with E-state index in [4.69, 9.17) is 9.94 Å². The van der Waals surface area contributed by atoms with Gasteiger partial charge in [0.2, 0.25) is 0 Å². The Morgan fingerprint density at radius 2 is 2.57 bits per heavy atom. The fourth-order valence-corrected chi connectivity index (χ4v) is 1.03. The second kappa shape index (κ2) is 4.57. The van der Waals surface area contributed by atoms with Gasteiger partial charge in [-0.3, -0.25) is 0 Å². The van der Waals surface area contributed by atoms with E-state index < -0.39 is 5.97 Å². The third-order valence-electron chi connectivity index (χ3n) is 1.57. The van der Waals surface area contributed by atoms with Crippen LogP contribution in [0.4, 0.5) is 0 Å². The molecule has 0 fully saturated rings. The van der Waals surface area contributed by atoms with E-state index in [9.17, 15) is 4.79 Å². The van der Waals surface area contributed by atoms with Crippen LogP contribution in [0, 0.1) is 0 Å². The standard InChI is InChI=1S/C9H12N2O3/c1-3-4-9-10-5-8(6-12)11(9)14-7(2)13/h3,5,12H,1,4,6H2,2H3. The van der Waals surface area contributed by atoms with Crippen LogP contribution < -0.4 is 4.84 Å². The molecule has 0 unspecified atom stereocenters. The van der Waals surface area contributed by atoms with Gasteiger partial charge in [0.15, 0.2) is 0 Å². The number of hydrogen-bond donors (Lipinski definition) is 1. The molecule has 1 aromatic heterocycles. The molecule has 76 valence electrons. The molecule has 0 atom stereocenters. The predicted octanol–water partition coefficient (Wildman–Crippen LogP) is 0.0790. The predicted molar refractivity (Wildman–Crippen MR) is 49.3 cm³/mol. The summed E-state index contributed by atoms with van der Waals surface area (Å²) in [4.78, 5) is 19.6. The average Bonchev–Trinajstić information content (AvgIpc) is 2.48. The third-order valence-corrected chi connectivity index (χ3v) is 1.57. The minimum absolute atomic E-state index is 0.225. The van der Waals surface area contributed by atoms with Gasteiger partial charge in [-0.15, -0.1) is 6.58 Å².